The molecular weight excluding hydrogens is 374 g/mol. The van der Waals surface area contributed by atoms with Gasteiger partial charge in [-0.1, -0.05) is 0 Å². The van der Waals surface area contributed by atoms with Gasteiger partial charge in [-0.3, -0.25) is 0 Å². The lowest BCUT2D eigenvalue weighted by molar-refractivity contribution is 0.161. The number of fused-ring (bicyclic) bond motifs is 1. The first-order chi connectivity index (χ1) is 14.1. The predicted molar refractivity (Wildman–Crippen MR) is 106 cm³/mol. The molecule has 8 heteroatoms. The number of methoxy groups -OCH3 is 1. The van der Waals surface area contributed by atoms with Crippen LogP contribution in [0.2, 0.25) is 0 Å². The number of carbonyl (C=O) groups excluding carboxylic acids is 1. The number of pyridine rings is 1. The zero-order chi connectivity index (χ0) is 20.2. The van der Waals surface area contributed by atoms with E-state index >= 15 is 0 Å². The first-order valence-electron chi connectivity index (χ1n) is 9.58. The van der Waals surface area contributed by atoms with Crippen molar-refractivity contribution < 1.29 is 23.4 Å². The van der Waals surface area contributed by atoms with Crippen molar-refractivity contribution in [3.05, 3.63) is 36.5 Å². The summed E-state index contributed by atoms with van der Waals surface area (Å²) in [5, 5.41) is 2.63. The molecule has 1 aliphatic carbocycles. The number of carbonyl (C=O) groups is 1. The SMILES string of the molecule is COC(=O)NC(C)COc1ccc(-c2nc3ccc(OCC4CC4)cc3o2)nc1. The fraction of sp³-hybridized carbons (Fsp3) is 0.381. The molecule has 0 bridgehead atoms. The molecule has 0 radical (unpaired) electrons. The summed E-state index contributed by atoms with van der Waals surface area (Å²) in [6.45, 7) is 2.87. The molecule has 0 spiro atoms. The van der Waals surface area contributed by atoms with E-state index in [1.54, 1.807) is 18.3 Å². The van der Waals surface area contributed by atoms with E-state index < -0.39 is 6.09 Å². The van der Waals surface area contributed by atoms with Gasteiger partial charge in [0.25, 0.3) is 0 Å². The summed E-state index contributed by atoms with van der Waals surface area (Å²) in [5.74, 6) is 2.50. The van der Waals surface area contributed by atoms with Gasteiger partial charge in [-0.25, -0.2) is 14.8 Å². The number of nitrogens with one attached hydrogen (secondary N) is 1. The van der Waals surface area contributed by atoms with Gasteiger partial charge in [-0.2, -0.15) is 0 Å². The van der Waals surface area contributed by atoms with Gasteiger partial charge in [0.15, 0.2) is 5.58 Å². The zero-order valence-electron chi connectivity index (χ0n) is 16.4. The third-order valence-electron chi connectivity index (χ3n) is 4.55. The fourth-order valence-corrected chi connectivity index (χ4v) is 2.72. The quantitative estimate of drug-likeness (QED) is 0.617. The van der Waals surface area contributed by atoms with E-state index in [9.17, 15) is 4.79 Å². The highest BCUT2D eigenvalue weighted by atomic mass is 16.5. The maximum absolute atomic E-state index is 11.2. The molecule has 29 heavy (non-hydrogen) atoms. The number of alkyl carbamates (subject to hydrolysis) is 1. The molecule has 1 N–H and O–H groups in total. The lowest BCUT2D eigenvalue weighted by Crippen LogP contribution is -2.36. The van der Waals surface area contributed by atoms with Crippen LogP contribution in [0.25, 0.3) is 22.7 Å². The van der Waals surface area contributed by atoms with Gasteiger partial charge >= 0.3 is 6.09 Å². The number of oxazole rings is 1. The summed E-state index contributed by atoms with van der Waals surface area (Å²) in [6, 6.07) is 9.02. The standard InChI is InChI=1S/C21H23N3O5/c1-13(23-21(25)26-2)11-27-16-6-8-18(22-10-16)20-24-17-7-5-15(9-19(17)29-20)28-12-14-3-4-14/h5-10,13-14H,3-4,11-12H2,1-2H3,(H,23,25). The Labute approximate surface area is 168 Å². The molecule has 1 aliphatic rings. The highest BCUT2D eigenvalue weighted by Crippen LogP contribution is 2.31. The summed E-state index contributed by atoms with van der Waals surface area (Å²) in [4.78, 5) is 20.0. The predicted octanol–water partition coefficient (Wildman–Crippen LogP) is 3.80. The van der Waals surface area contributed by atoms with Crippen LogP contribution < -0.4 is 14.8 Å². The van der Waals surface area contributed by atoms with Gasteiger partial charge in [0.1, 0.15) is 29.3 Å². The molecule has 1 amide bonds. The second kappa shape index (κ2) is 8.38. The van der Waals surface area contributed by atoms with E-state index in [0.29, 0.717) is 35.4 Å². The van der Waals surface area contributed by atoms with Gasteiger partial charge in [-0.15, -0.1) is 0 Å². The van der Waals surface area contributed by atoms with E-state index in [1.807, 2.05) is 25.1 Å². The van der Waals surface area contributed by atoms with E-state index in [2.05, 4.69) is 20.0 Å². The molecule has 1 atom stereocenters. The first-order valence-corrected chi connectivity index (χ1v) is 9.58. The average Bonchev–Trinajstić information content (AvgIpc) is 3.47. The summed E-state index contributed by atoms with van der Waals surface area (Å²) in [5.41, 5.74) is 2.02. The second-order valence-corrected chi connectivity index (χ2v) is 7.13. The monoisotopic (exact) mass is 397 g/mol. The minimum Gasteiger partial charge on any atom is -0.493 e. The van der Waals surface area contributed by atoms with Gasteiger partial charge < -0.3 is 23.9 Å². The molecule has 1 unspecified atom stereocenters. The van der Waals surface area contributed by atoms with Crippen LogP contribution in [0.4, 0.5) is 4.79 Å². The number of aromatic nitrogens is 2. The maximum Gasteiger partial charge on any atom is 0.407 e. The topological polar surface area (TPSA) is 95.7 Å². The van der Waals surface area contributed by atoms with E-state index in [-0.39, 0.29) is 6.04 Å². The average molecular weight is 397 g/mol. The molecule has 0 saturated heterocycles. The lowest BCUT2D eigenvalue weighted by atomic mass is 10.3. The largest absolute Gasteiger partial charge is 0.493 e. The number of rotatable bonds is 8. The Hall–Kier alpha value is -3.29. The van der Waals surface area contributed by atoms with E-state index in [4.69, 9.17) is 13.9 Å². The van der Waals surface area contributed by atoms with Gasteiger partial charge in [0.2, 0.25) is 5.89 Å². The Kier molecular flexibility index (Phi) is 5.50. The van der Waals surface area contributed by atoms with Crippen molar-refractivity contribution in [2.45, 2.75) is 25.8 Å². The van der Waals surface area contributed by atoms with Crippen molar-refractivity contribution in [2.75, 3.05) is 20.3 Å². The molecule has 4 rings (SSSR count). The summed E-state index contributed by atoms with van der Waals surface area (Å²) < 4.78 is 21.8. The minimum absolute atomic E-state index is 0.199. The molecular formula is C21H23N3O5. The normalized spacial score (nSPS) is 14.4. The van der Waals surface area contributed by atoms with Crippen LogP contribution in [0.5, 0.6) is 11.5 Å². The van der Waals surface area contributed by atoms with E-state index in [0.717, 1.165) is 17.9 Å². The van der Waals surface area contributed by atoms with Crippen LogP contribution in [-0.4, -0.2) is 42.4 Å². The summed E-state index contributed by atoms with van der Waals surface area (Å²) in [6.07, 6.45) is 3.60. The molecule has 0 aliphatic heterocycles. The van der Waals surface area contributed by atoms with Crippen molar-refractivity contribution >= 4 is 17.2 Å². The molecule has 2 heterocycles. The number of amides is 1. The minimum atomic E-state index is -0.494. The fourth-order valence-electron chi connectivity index (χ4n) is 2.72. The Morgan fingerprint density at radius 3 is 2.79 bits per heavy atom. The van der Waals surface area contributed by atoms with Crippen molar-refractivity contribution in [3.8, 4) is 23.1 Å². The zero-order valence-corrected chi connectivity index (χ0v) is 16.4. The number of hydrogen-bond donors (Lipinski definition) is 1. The van der Waals surface area contributed by atoms with Gasteiger partial charge in [0.05, 0.1) is 26.0 Å². The molecule has 1 fully saturated rings. The highest BCUT2D eigenvalue weighted by Gasteiger charge is 2.22. The van der Waals surface area contributed by atoms with Crippen LogP contribution >= 0.6 is 0 Å². The molecule has 3 aromatic rings. The molecule has 152 valence electrons. The van der Waals surface area contributed by atoms with E-state index in [1.165, 1.54) is 20.0 Å². The summed E-state index contributed by atoms with van der Waals surface area (Å²) in [7, 11) is 1.32. The molecule has 1 aromatic carbocycles. The number of hydrogen-bond acceptors (Lipinski definition) is 7. The van der Waals surface area contributed by atoms with Crippen LogP contribution in [0.3, 0.4) is 0 Å². The smallest absolute Gasteiger partial charge is 0.407 e. The number of nitrogens with zero attached hydrogens (tertiary/aromatic N) is 2. The Bertz CT molecular complexity index is 982. The molecule has 2 aromatic heterocycles. The maximum atomic E-state index is 11.2. The third-order valence-corrected chi connectivity index (χ3v) is 4.55. The van der Waals surface area contributed by atoms with Gasteiger partial charge in [-0.05, 0) is 49.9 Å². The Morgan fingerprint density at radius 2 is 2.07 bits per heavy atom. The number of benzene rings is 1. The lowest BCUT2D eigenvalue weighted by Gasteiger charge is -2.13. The van der Waals surface area contributed by atoms with Gasteiger partial charge in [0, 0.05) is 6.07 Å². The first kappa shape index (κ1) is 19.0. The van der Waals surface area contributed by atoms with Crippen molar-refractivity contribution in [3.63, 3.8) is 0 Å². The molecule has 8 nitrogen and oxygen atoms in total. The summed E-state index contributed by atoms with van der Waals surface area (Å²) >= 11 is 0. The van der Waals surface area contributed by atoms with Crippen molar-refractivity contribution in [1.29, 1.82) is 0 Å². The highest BCUT2D eigenvalue weighted by molar-refractivity contribution is 5.77. The van der Waals surface area contributed by atoms with Crippen LogP contribution in [-0.2, 0) is 4.74 Å². The third kappa shape index (κ3) is 4.96. The van der Waals surface area contributed by atoms with Crippen molar-refractivity contribution in [1.82, 2.24) is 15.3 Å². The van der Waals surface area contributed by atoms with Crippen LogP contribution in [0, 0.1) is 5.92 Å². The second-order valence-electron chi connectivity index (χ2n) is 7.13. The molecule has 1 saturated carbocycles. The number of ether oxygens (including phenoxy) is 3. The van der Waals surface area contributed by atoms with Crippen LogP contribution in [0.1, 0.15) is 19.8 Å². The van der Waals surface area contributed by atoms with Crippen molar-refractivity contribution in [2.24, 2.45) is 5.92 Å². The Balaban J connectivity index is 1.38. The Morgan fingerprint density at radius 1 is 1.24 bits per heavy atom. The van der Waals surface area contributed by atoms with Crippen LogP contribution in [0.15, 0.2) is 40.9 Å².